The molecule has 2 aromatic rings. The van der Waals surface area contributed by atoms with Gasteiger partial charge in [0.2, 0.25) is 0 Å². The standard InChI is InChI=1S/C15H18NOSi/c1-18(2,3)16-14-11-7-8-12-15(14)17-13-9-5-4-6-10-13/h4-12H,1-3H3/q-1. The SMILES string of the molecule is C[Si](C)(C)[N-]c1ccccc1Oc1ccccc1. The molecule has 94 valence electrons. The fraction of sp³-hybridized carbons (Fsp3) is 0.200. The van der Waals surface area contributed by atoms with Gasteiger partial charge in [-0.25, -0.2) is 0 Å². The van der Waals surface area contributed by atoms with Crippen molar-refractivity contribution in [3.05, 3.63) is 59.6 Å². The average Bonchev–Trinajstić information content (AvgIpc) is 2.31. The Kier molecular flexibility index (Phi) is 3.72. The molecule has 0 saturated heterocycles. The average molecular weight is 256 g/mol. The third-order valence-corrected chi connectivity index (χ3v) is 3.20. The fourth-order valence-corrected chi connectivity index (χ4v) is 2.52. The van der Waals surface area contributed by atoms with Crippen molar-refractivity contribution < 1.29 is 4.74 Å². The molecule has 0 radical (unpaired) electrons. The summed E-state index contributed by atoms with van der Waals surface area (Å²) in [5.41, 5.74) is 0.945. The molecule has 2 nitrogen and oxygen atoms in total. The van der Waals surface area contributed by atoms with Crippen molar-refractivity contribution in [3.63, 3.8) is 0 Å². The van der Waals surface area contributed by atoms with Gasteiger partial charge in [0, 0.05) is 0 Å². The van der Waals surface area contributed by atoms with Crippen LogP contribution in [0.1, 0.15) is 0 Å². The lowest BCUT2D eigenvalue weighted by Gasteiger charge is -2.37. The van der Waals surface area contributed by atoms with E-state index in [1.54, 1.807) is 0 Å². The highest BCUT2D eigenvalue weighted by Crippen LogP contribution is 2.37. The van der Waals surface area contributed by atoms with Crippen LogP contribution in [0.3, 0.4) is 0 Å². The van der Waals surface area contributed by atoms with Gasteiger partial charge in [-0.05, 0) is 26.4 Å². The van der Waals surface area contributed by atoms with E-state index in [0.29, 0.717) is 0 Å². The number of benzene rings is 2. The van der Waals surface area contributed by atoms with E-state index in [2.05, 4.69) is 19.6 Å². The molecule has 0 aliphatic rings. The van der Waals surface area contributed by atoms with E-state index in [9.17, 15) is 0 Å². The Bertz CT molecular complexity index is 505. The summed E-state index contributed by atoms with van der Waals surface area (Å²) in [6, 6.07) is 17.8. The van der Waals surface area contributed by atoms with Gasteiger partial charge in [-0.2, -0.15) is 0 Å². The first kappa shape index (κ1) is 12.7. The second kappa shape index (κ2) is 5.27. The first-order valence-electron chi connectivity index (χ1n) is 6.09. The third-order valence-electron chi connectivity index (χ3n) is 2.29. The quantitative estimate of drug-likeness (QED) is 0.679. The molecule has 2 rings (SSSR count). The molecule has 3 heteroatoms. The number of para-hydroxylation sites is 2. The van der Waals surface area contributed by atoms with Crippen molar-refractivity contribution in [1.29, 1.82) is 0 Å². The molecule has 18 heavy (non-hydrogen) atoms. The minimum absolute atomic E-state index is 0.825. The number of ether oxygens (including phenoxy) is 1. The zero-order chi connectivity index (χ0) is 13.0. The van der Waals surface area contributed by atoms with Crippen molar-refractivity contribution in [2.24, 2.45) is 0 Å². The van der Waals surface area contributed by atoms with Gasteiger partial charge in [0.05, 0.1) is 0 Å². The molecule has 0 bridgehead atoms. The Labute approximate surface area is 110 Å². The molecule has 0 unspecified atom stereocenters. The van der Waals surface area contributed by atoms with Gasteiger partial charge in [0.25, 0.3) is 0 Å². The summed E-state index contributed by atoms with van der Waals surface area (Å²) in [6.07, 6.45) is 0. The molecule has 0 heterocycles. The van der Waals surface area contributed by atoms with Crippen LogP contribution in [-0.2, 0) is 0 Å². The predicted molar refractivity (Wildman–Crippen MR) is 79.3 cm³/mol. The van der Waals surface area contributed by atoms with Crippen molar-refractivity contribution in [1.82, 2.24) is 0 Å². The van der Waals surface area contributed by atoms with Crippen LogP contribution in [-0.4, -0.2) is 8.24 Å². The minimum Gasteiger partial charge on any atom is -0.684 e. The topological polar surface area (TPSA) is 23.3 Å². The minimum atomic E-state index is -1.50. The number of rotatable bonds is 4. The molecular formula is C15H18NOSi-. The van der Waals surface area contributed by atoms with Crippen LogP contribution in [0.25, 0.3) is 4.98 Å². The lowest BCUT2D eigenvalue weighted by atomic mass is 10.3. The van der Waals surface area contributed by atoms with Crippen LogP contribution in [0, 0.1) is 0 Å². The normalized spacial score (nSPS) is 11.1. The maximum absolute atomic E-state index is 5.88. The van der Waals surface area contributed by atoms with E-state index < -0.39 is 8.24 Å². The summed E-state index contributed by atoms with van der Waals surface area (Å²) in [7, 11) is -1.50. The van der Waals surface area contributed by atoms with Gasteiger partial charge in [0.15, 0.2) is 0 Å². The lowest BCUT2D eigenvalue weighted by Crippen LogP contribution is -2.16. The first-order valence-corrected chi connectivity index (χ1v) is 9.54. The van der Waals surface area contributed by atoms with Crippen molar-refractivity contribution in [2.45, 2.75) is 19.6 Å². The molecule has 0 aliphatic carbocycles. The third kappa shape index (κ3) is 3.63. The van der Waals surface area contributed by atoms with Gasteiger partial charge >= 0.3 is 0 Å². The molecule has 0 spiro atoms. The monoisotopic (exact) mass is 256 g/mol. The van der Waals surface area contributed by atoms with Crippen molar-refractivity contribution in [3.8, 4) is 11.5 Å². The van der Waals surface area contributed by atoms with Crippen molar-refractivity contribution in [2.75, 3.05) is 0 Å². The Morgan fingerprint density at radius 1 is 0.833 bits per heavy atom. The van der Waals surface area contributed by atoms with Gasteiger partial charge in [0.1, 0.15) is 11.5 Å². The van der Waals surface area contributed by atoms with Gasteiger partial charge in [-0.15, -0.1) is 0 Å². The van der Waals surface area contributed by atoms with E-state index >= 15 is 0 Å². The molecule has 0 atom stereocenters. The van der Waals surface area contributed by atoms with E-state index in [1.807, 2.05) is 54.6 Å². The summed E-state index contributed by atoms with van der Waals surface area (Å²) < 4.78 is 5.88. The number of nitrogens with zero attached hydrogens (tertiary/aromatic N) is 1. The molecule has 2 aromatic carbocycles. The molecular weight excluding hydrogens is 238 g/mol. The van der Waals surface area contributed by atoms with E-state index in [4.69, 9.17) is 9.72 Å². The van der Waals surface area contributed by atoms with Crippen molar-refractivity contribution >= 4 is 13.9 Å². The Balaban J connectivity index is 2.23. The zero-order valence-electron chi connectivity index (χ0n) is 11.1. The highest BCUT2D eigenvalue weighted by molar-refractivity contribution is 6.82. The van der Waals surface area contributed by atoms with E-state index in [1.165, 1.54) is 0 Å². The van der Waals surface area contributed by atoms with Crippen LogP contribution in [0.15, 0.2) is 54.6 Å². The number of hydrogen-bond donors (Lipinski definition) is 0. The second-order valence-electron chi connectivity index (χ2n) is 5.17. The second-order valence-corrected chi connectivity index (χ2v) is 9.73. The van der Waals surface area contributed by atoms with Crippen LogP contribution in [0.4, 0.5) is 5.69 Å². The highest BCUT2D eigenvalue weighted by atomic mass is 28.3. The first-order chi connectivity index (χ1) is 8.54. The van der Waals surface area contributed by atoms with E-state index in [-0.39, 0.29) is 0 Å². The van der Waals surface area contributed by atoms with Crippen LogP contribution < -0.4 is 4.74 Å². The zero-order valence-corrected chi connectivity index (χ0v) is 12.1. The molecule has 0 aliphatic heterocycles. The molecule has 0 amide bonds. The molecule has 0 saturated carbocycles. The summed E-state index contributed by atoms with van der Waals surface area (Å²) >= 11 is 0. The van der Waals surface area contributed by atoms with Crippen LogP contribution in [0.2, 0.25) is 19.6 Å². The largest absolute Gasteiger partial charge is 0.684 e. The van der Waals surface area contributed by atoms with Crippen LogP contribution >= 0.6 is 0 Å². The Hall–Kier alpha value is -1.74. The summed E-state index contributed by atoms with van der Waals surface area (Å²) in [4.78, 5) is 4.80. The maximum Gasteiger partial charge on any atom is 0.127 e. The van der Waals surface area contributed by atoms with Gasteiger partial charge < -0.3 is 9.72 Å². The Morgan fingerprint density at radius 3 is 2.11 bits per heavy atom. The lowest BCUT2D eigenvalue weighted by molar-refractivity contribution is 0.485. The fourth-order valence-electron chi connectivity index (χ4n) is 1.61. The Morgan fingerprint density at radius 2 is 1.44 bits per heavy atom. The van der Waals surface area contributed by atoms with E-state index in [0.717, 1.165) is 17.2 Å². The smallest absolute Gasteiger partial charge is 0.127 e. The summed E-state index contributed by atoms with van der Waals surface area (Å²) in [5, 5.41) is 0. The predicted octanol–water partition coefficient (Wildman–Crippen LogP) is 5.32. The number of hydrogen-bond acceptors (Lipinski definition) is 1. The molecule has 0 aromatic heterocycles. The summed E-state index contributed by atoms with van der Waals surface area (Å²) in [5.74, 6) is 1.67. The molecule has 0 fully saturated rings. The van der Waals surface area contributed by atoms with Gasteiger partial charge in [-0.3, -0.25) is 0 Å². The summed E-state index contributed by atoms with van der Waals surface area (Å²) in [6.45, 7) is 6.64. The molecule has 0 N–H and O–H groups in total. The van der Waals surface area contributed by atoms with Gasteiger partial charge in [-0.1, -0.05) is 61.7 Å². The van der Waals surface area contributed by atoms with Crippen LogP contribution in [0.5, 0.6) is 11.5 Å². The highest BCUT2D eigenvalue weighted by Gasteiger charge is 2.03. The maximum atomic E-state index is 5.88.